The number of hydrogen-bond donors (Lipinski definition) is 2. The van der Waals surface area contributed by atoms with E-state index >= 15 is 0 Å². The number of carbonyl (C=O) groups excluding carboxylic acids is 1. The van der Waals surface area contributed by atoms with Crippen LogP contribution in [0.5, 0.6) is 5.75 Å². The SMILES string of the molecule is CC[C@@H]1N(Cc2cccc(OC)c2)CCC[C@]12CCC(=O)N2.O=C(O)C(F)(F)F. The van der Waals surface area contributed by atoms with Gasteiger partial charge in [-0.25, -0.2) is 4.79 Å². The number of methoxy groups -OCH3 is 1. The molecule has 6 nitrogen and oxygen atoms in total. The summed E-state index contributed by atoms with van der Waals surface area (Å²) < 4.78 is 37.1. The minimum absolute atomic E-state index is 0.00293. The lowest BCUT2D eigenvalue weighted by Crippen LogP contribution is -2.61. The molecule has 1 aromatic rings. The van der Waals surface area contributed by atoms with Crippen LogP contribution in [-0.2, 0) is 16.1 Å². The number of likely N-dealkylation sites (tertiary alicyclic amines) is 1. The number of halogens is 3. The van der Waals surface area contributed by atoms with Gasteiger partial charge in [0.05, 0.1) is 12.6 Å². The van der Waals surface area contributed by atoms with Gasteiger partial charge in [0, 0.05) is 19.0 Å². The van der Waals surface area contributed by atoms with Crippen LogP contribution in [0.25, 0.3) is 0 Å². The van der Waals surface area contributed by atoms with Crippen LogP contribution in [0, 0.1) is 0 Å². The minimum Gasteiger partial charge on any atom is -0.497 e. The third-order valence-corrected chi connectivity index (χ3v) is 5.48. The van der Waals surface area contributed by atoms with Crippen molar-refractivity contribution in [3.05, 3.63) is 29.8 Å². The molecule has 29 heavy (non-hydrogen) atoms. The molecule has 0 aliphatic carbocycles. The molecular weight excluding hydrogens is 389 g/mol. The Labute approximate surface area is 168 Å². The van der Waals surface area contributed by atoms with E-state index in [-0.39, 0.29) is 11.4 Å². The zero-order valence-corrected chi connectivity index (χ0v) is 16.6. The van der Waals surface area contributed by atoms with E-state index < -0.39 is 12.1 Å². The number of nitrogens with zero attached hydrogens (tertiary/aromatic N) is 1. The number of carboxylic acids is 1. The van der Waals surface area contributed by atoms with Crippen LogP contribution in [0.15, 0.2) is 24.3 Å². The molecule has 9 heteroatoms. The highest BCUT2D eigenvalue weighted by Crippen LogP contribution is 2.37. The Morgan fingerprint density at radius 2 is 2.07 bits per heavy atom. The summed E-state index contributed by atoms with van der Waals surface area (Å²) in [6, 6.07) is 8.73. The summed E-state index contributed by atoms with van der Waals surface area (Å²) in [6.45, 7) is 4.27. The summed E-state index contributed by atoms with van der Waals surface area (Å²) in [6.07, 6.45) is -0.0701. The maximum Gasteiger partial charge on any atom is 0.490 e. The van der Waals surface area contributed by atoms with Crippen LogP contribution >= 0.6 is 0 Å². The van der Waals surface area contributed by atoms with Crippen LogP contribution in [0.4, 0.5) is 13.2 Å². The Hall–Kier alpha value is -2.29. The Kier molecular flexibility index (Phi) is 7.51. The van der Waals surface area contributed by atoms with Crippen LogP contribution in [0.1, 0.15) is 44.6 Å². The number of amides is 1. The van der Waals surface area contributed by atoms with E-state index in [0.717, 1.165) is 44.5 Å². The molecule has 1 aromatic carbocycles. The molecule has 162 valence electrons. The predicted molar refractivity (Wildman–Crippen MR) is 101 cm³/mol. The molecule has 0 unspecified atom stereocenters. The third kappa shape index (κ3) is 5.85. The van der Waals surface area contributed by atoms with Gasteiger partial charge in [0.1, 0.15) is 5.75 Å². The molecule has 2 heterocycles. The second-order valence-electron chi connectivity index (χ2n) is 7.36. The van der Waals surface area contributed by atoms with Gasteiger partial charge in [-0.3, -0.25) is 9.69 Å². The number of rotatable bonds is 4. The van der Waals surface area contributed by atoms with E-state index in [1.165, 1.54) is 5.56 Å². The predicted octanol–water partition coefficient (Wildman–Crippen LogP) is 3.35. The molecule has 2 fully saturated rings. The highest BCUT2D eigenvalue weighted by atomic mass is 19.4. The lowest BCUT2D eigenvalue weighted by atomic mass is 9.78. The first-order valence-corrected chi connectivity index (χ1v) is 9.59. The number of ether oxygens (including phenoxy) is 1. The quantitative estimate of drug-likeness (QED) is 0.787. The fourth-order valence-electron chi connectivity index (χ4n) is 4.29. The lowest BCUT2D eigenvalue weighted by Gasteiger charge is -2.48. The van der Waals surface area contributed by atoms with Gasteiger partial charge in [-0.15, -0.1) is 0 Å². The molecule has 2 aliphatic heterocycles. The number of aliphatic carboxylic acids is 1. The van der Waals surface area contributed by atoms with Crippen LogP contribution in [0.2, 0.25) is 0 Å². The number of piperidine rings is 1. The van der Waals surface area contributed by atoms with Gasteiger partial charge in [0.2, 0.25) is 5.91 Å². The van der Waals surface area contributed by atoms with Crippen molar-refractivity contribution in [1.29, 1.82) is 0 Å². The Morgan fingerprint density at radius 3 is 2.59 bits per heavy atom. The number of carboxylic acid groups (broad SMARTS) is 1. The van der Waals surface area contributed by atoms with E-state index in [2.05, 4.69) is 29.3 Å². The highest BCUT2D eigenvalue weighted by Gasteiger charge is 2.47. The normalized spacial score (nSPS) is 24.6. The fourth-order valence-corrected chi connectivity index (χ4v) is 4.29. The molecule has 1 spiro atoms. The third-order valence-electron chi connectivity index (χ3n) is 5.48. The van der Waals surface area contributed by atoms with Crippen molar-refractivity contribution in [3.8, 4) is 5.75 Å². The standard InChI is InChI=1S/C18H26N2O2.C2HF3O2/c1-3-16-18(10-8-17(21)19-18)9-5-11-20(16)13-14-6-4-7-15(12-14)22-2;3-2(4,5)1(6)7/h4,6-7,12,16H,3,5,8-11,13H2,1-2H3,(H,19,21);(H,6,7)/t16-,18-;/m0./s1. The van der Waals surface area contributed by atoms with Crippen molar-refractivity contribution in [2.24, 2.45) is 0 Å². The van der Waals surface area contributed by atoms with Crippen molar-refractivity contribution in [3.63, 3.8) is 0 Å². The van der Waals surface area contributed by atoms with Crippen molar-refractivity contribution < 1.29 is 32.6 Å². The largest absolute Gasteiger partial charge is 0.497 e. The molecule has 0 aromatic heterocycles. The van der Waals surface area contributed by atoms with Gasteiger partial charge in [0.15, 0.2) is 0 Å². The van der Waals surface area contributed by atoms with Gasteiger partial charge in [0.25, 0.3) is 0 Å². The first-order chi connectivity index (χ1) is 13.6. The molecular formula is C20H27F3N2O4. The Morgan fingerprint density at radius 1 is 1.38 bits per heavy atom. The van der Waals surface area contributed by atoms with E-state index in [1.54, 1.807) is 7.11 Å². The summed E-state index contributed by atoms with van der Waals surface area (Å²) in [7, 11) is 1.71. The molecule has 0 radical (unpaired) electrons. The first-order valence-electron chi connectivity index (χ1n) is 9.59. The van der Waals surface area contributed by atoms with E-state index in [4.69, 9.17) is 14.6 Å². The number of alkyl halides is 3. The summed E-state index contributed by atoms with van der Waals surface area (Å²) in [4.78, 5) is 23.2. The molecule has 2 N–H and O–H groups in total. The van der Waals surface area contributed by atoms with Crippen molar-refractivity contribution in [2.75, 3.05) is 13.7 Å². The van der Waals surface area contributed by atoms with Crippen molar-refractivity contribution in [2.45, 2.75) is 63.3 Å². The van der Waals surface area contributed by atoms with Crippen LogP contribution in [0.3, 0.4) is 0 Å². The van der Waals surface area contributed by atoms with Gasteiger partial charge in [-0.05, 0) is 49.9 Å². The monoisotopic (exact) mass is 416 g/mol. The summed E-state index contributed by atoms with van der Waals surface area (Å²) in [5.41, 5.74) is 1.28. The number of nitrogens with one attached hydrogen (secondary N) is 1. The molecule has 3 rings (SSSR count). The average Bonchev–Trinajstić information content (AvgIpc) is 3.02. The average molecular weight is 416 g/mol. The van der Waals surface area contributed by atoms with E-state index in [9.17, 15) is 18.0 Å². The van der Waals surface area contributed by atoms with Gasteiger partial charge >= 0.3 is 12.1 Å². The van der Waals surface area contributed by atoms with Gasteiger partial charge in [-0.2, -0.15) is 13.2 Å². The van der Waals surface area contributed by atoms with E-state index in [0.29, 0.717) is 12.5 Å². The topological polar surface area (TPSA) is 78.9 Å². The van der Waals surface area contributed by atoms with E-state index in [1.807, 2.05) is 12.1 Å². The molecule has 0 saturated carbocycles. The van der Waals surface area contributed by atoms with Gasteiger partial charge < -0.3 is 15.2 Å². The molecule has 1 amide bonds. The summed E-state index contributed by atoms with van der Waals surface area (Å²) in [5.74, 6) is -1.62. The van der Waals surface area contributed by atoms with Crippen LogP contribution in [-0.4, -0.2) is 53.3 Å². The zero-order chi connectivity index (χ0) is 21.7. The molecule has 2 atom stereocenters. The minimum atomic E-state index is -5.08. The summed E-state index contributed by atoms with van der Waals surface area (Å²) in [5, 5.41) is 10.4. The highest BCUT2D eigenvalue weighted by molar-refractivity contribution is 5.79. The van der Waals surface area contributed by atoms with Gasteiger partial charge in [-0.1, -0.05) is 19.1 Å². The maximum absolute atomic E-state index is 11.8. The number of hydrogen-bond acceptors (Lipinski definition) is 4. The van der Waals surface area contributed by atoms with Crippen molar-refractivity contribution in [1.82, 2.24) is 10.2 Å². The molecule has 2 saturated heterocycles. The van der Waals surface area contributed by atoms with Crippen LogP contribution < -0.4 is 10.1 Å². The summed E-state index contributed by atoms with van der Waals surface area (Å²) >= 11 is 0. The second-order valence-corrected chi connectivity index (χ2v) is 7.36. The number of carbonyl (C=O) groups is 2. The number of benzene rings is 1. The zero-order valence-electron chi connectivity index (χ0n) is 16.6. The molecule has 0 bridgehead atoms. The second kappa shape index (κ2) is 9.47. The maximum atomic E-state index is 11.8. The Balaban J connectivity index is 0.000000370. The lowest BCUT2D eigenvalue weighted by molar-refractivity contribution is -0.192. The fraction of sp³-hybridized carbons (Fsp3) is 0.600. The Bertz CT molecular complexity index is 726. The van der Waals surface area contributed by atoms with Crippen molar-refractivity contribution >= 4 is 11.9 Å². The molecule has 2 aliphatic rings. The first kappa shape index (κ1) is 23.0. The smallest absolute Gasteiger partial charge is 0.490 e.